The predicted octanol–water partition coefficient (Wildman–Crippen LogP) is 5.29. The van der Waals surface area contributed by atoms with Crippen molar-refractivity contribution in [3.05, 3.63) is 89.5 Å². The van der Waals surface area contributed by atoms with Gasteiger partial charge in [-0.1, -0.05) is 62.9 Å². The van der Waals surface area contributed by atoms with Crippen LogP contribution < -0.4 is 19.8 Å². The molecule has 2 amide bonds. The van der Waals surface area contributed by atoms with Crippen LogP contribution in [0, 0.1) is 6.92 Å². The van der Waals surface area contributed by atoms with Crippen LogP contribution in [0.25, 0.3) is 0 Å². The van der Waals surface area contributed by atoms with Crippen LogP contribution in [0.2, 0.25) is 0 Å². The summed E-state index contributed by atoms with van der Waals surface area (Å²) in [6, 6.07) is 20.8. The summed E-state index contributed by atoms with van der Waals surface area (Å²) in [6.07, 6.45) is 7.00. The molecule has 10 heteroatoms. The van der Waals surface area contributed by atoms with E-state index in [9.17, 15) is 18.0 Å². The minimum absolute atomic E-state index is 0.0534. The van der Waals surface area contributed by atoms with E-state index in [4.69, 9.17) is 4.74 Å². The monoisotopic (exact) mass is 604 g/mol. The summed E-state index contributed by atoms with van der Waals surface area (Å²) < 4.78 is 33.9. The second kappa shape index (κ2) is 14.8. The number of aryl methyl sites for hydroxylation is 1. The number of carbonyl (C=O) groups excluding carboxylic acids is 2. The molecule has 228 valence electrons. The molecule has 0 aromatic heterocycles. The minimum Gasteiger partial charge on any atom is -0.484 e. The van der Waals surface area contributed by atoms with Gasteiger partial charge >= 0.3 is 0 Å². The van der Waals surface area contributed by atoms with Crippen LogP contribution in [0.4, 0.5) is 5.69 Å². The summed E-state index contributed by atoms with van der Waals surface area (Å²) in [6.45, 7) is 5.48. The maximum Gasteiger partial charge on any atom is 0.264 e. The first kappa shape index (κ1) is 31.7. The Morgan fingerprint density at radius 1 is 0.930 bits per heavy atom. The molecule has 3 aromatic rings. The Kier molecular flexibility index (Phi) is 10.9. The molecule has 0 aliphatic heterocycles. The predicted molar refractivity (Wildman–Crippen MR) is 169 cm³/mol. The smallest absolute Gasteiger partial charge is 0.264 e. The molecule has 0 unspecified atom stereocenters. The highest BCUT2D eigenvalue weighted by molar-refractivity contribution is 7.92. The van der Waals surface area contributed by atoms with Crippen LogP contribution in [0.15, 0.2) is 82.8 Å². The van der Waals surface area contributed by atoms with Gasteiger partial charge in [0.1, 0.15) is 12.3 Å². The number of rotatable bonds is 12. The molecular formula is C33H40N4O5S. The quantitative estimate of drug-likeness (QED) is 0.215. The molecule has 1 fully saturated rings. The van der Waals surface area contributed by atoms with E-state index in [2.05, 4.69) is 29.7 Å². The topological polar surface area (TPSA) is 117 Å². The average molecular weight is 605 g/mol. The minimum atomic E-state index is -4.02. The number of amides is 2. The molecule has 43 heavy (non-hydrogen) atoms. The number of ether oxygens (including phenoxy) is 1. The summed E-state index contributed by atoms with van der Waals surface area (Å²) in [7, 11) is -4.02. The van der Waals surface area contributed by atoms with Crippen LogP contribution in [0.5, 0.6) is 5.75 Å². The van der Waals surface area contributed by atoms with Crippen LogP contribution in [0.1, 0.15) is 68.6 Å². The molecule has 0 spiro atoms. The third-order valence-electron chi connectivity index (χ3n) is 7.37. The van der Waals surface area contributed by atoms with Crippen molar-refractivity contribution in [3.8, 4) is 5.75 Å². The molecule has 2 N–H and O–H groups in total. The Balaban J connectivity index is 1.36. The number of nitrogens with zero attached hydrogens (tertiary/aromatic N) is 2. The van der Waals surface area contributed by atoms with Crippen LogP contribution >= 0.6 is 0 Å². The lowest BCUT2D eigenvalue weighted by molar-refractivity contribution is -0.124. The van der Waals surface area contributed by atoms with E-state index in [-0.39, 0.29) is 29.4 Å². The normalized spacial score (nSPS) is 14.0. The zero-order valence-corrected chi connectivity index (χ0v) is 25.8. The molecule has 0 atom stereocenters. The molecule has 3 aromatic carbocycles. The fourth-order valence-electron chi connectivity index (χ4n) is 4.84. The number of sulfonamides is 1. The van der Waals surface area contributed by atoms with Crippen LogP contribution in [-0.2, 0) is 19.6 Å². The van der Waals surface area contributed by atoms with Crippen molar-refractivity contribution >= 4 is 33.7 Å². The van der Waals surface area contributed by atoms with Crippen molar-refractivity contribution in [2.45, 2.75) is 69.7 Å². The molecule has 0 heterocycles. The second-order valence-corrected chi connectivity index (χ2v) is 13.0. The van der Waals surface area contributed by atoms with E-state index < -0.39 is 22.5 Å². The van der Waals surface area contributed by atoms with Gasteiger partial charge in [-0.05, 0) is 85.3 Å². The fraction of sp³-hybridized carbons (Fsp3) is 0.364. The Bertz CT molecular complexity index is 1500. The highest BCUT2D eigenvalue weighted by Crippen LogP contribution is 2.26. The number of hydrazone groups is 1. The molecule has 0 saturated heterocycles. The number of benzene rings is 3. The van der Waals surface area contributed by atoms with Gasteiger partial charge < -0.3 is 10.1 Å². The van der Waals surface area contributed by atoms with E-state index in [1.807, 2.05) is 19.1 Å². The number of nitrogens with one attached hydrogen (secondary N) is 2. The lowest BCUT2D eigenvalue weighted by Crippen LogP contribution is -2.39. The first-order chi connectivity index (χ1) is 20.6. The summed E-state index contributed by atoms with van der Waals surface area (Å²) in [5, 5.41) is 7.03. The van der Waals surface area contributed by atoms with E-state index in [1.54, 1.807) is 48.5 Å². The zero-order valence-electron chi connectivity index (χ0n) is 25.0. The van der Waals surface area contributed by atoms with Gasteiger partial charge in [-0.25, -0.2) is 13.8 Å². The number of carbonyl (C=O) groups is 2. The molecule has 1 saturated carbocycles. The largest absolute Gasteiger partial charge is 0.484 e. The lowest BCUT2D eigenvalue weighted by Gasteiger charge is -2.24. The first-order valence-corrected chi connectivity index (χ1v) is 16.1. The van der Waals surface area contributed by atoms with Crippen molar-refractivity contribution in [2.24, 2.45) is 5.10 Å². The van der Waals surface area contributed by atoms with Gasteiger partial charge in [-0.3, -0.25) is 13.9 Å². The number of hydrogen-bond donors (Lipinski definition) is 2. The third-order valence-corrected chi connectivity index (χ3v) is 9.16. The zero-order chi connectivity index (χ0) is 30.8. The van der Waals surface area contributed by atoms with Crippen molar-refractivity contribution < 1.29 is 22.7 Å². The van der Waals surface area contributed by atoms with Crippen molar-refractivity contribution in [3.63, 3.8) is 0 Å². The van der Waals surface area contributed by atoms with Gasteiger partial charge in [0.2, 0.25) is 0 Å². The van der Waals surface area contributed by atoms with Crippen molar-refractivity contribution in [2.75, 3.05) is 17.5 Å². The van der Waals surface area contributed by atoms with Gasteiger partial charge in [-0.15, -0.1) is 0 Å². The van der Waals surface area contributed by atoms with Gasteiger partial charge in [0.05, 0.1) is 16.8 Å². The fourth-order valence-corrected chi connectivity index (χ4v) is 6.26. The summed E-state index contributed by atoms with van der Waals surface area (Å²) >= 11 is 0. The van der Waals surface area contributed by atoms with Crippen molar-refractivity contribution in [1.29, 1.82) is 0 Å². The Morgan fingerprint density at radius 2 is 1.58 bits per heavy atom. The van der Waals surface area contributed by atoms with Crippen molar-refractivity contribution in [1.82, 2.24) is 10.7 Å². The molecule has 0 radical (unpaired) electrons. The molecule has 9 nitrogen and oxygen atoms in total. The summed E-state index contributed by atoms with van der Waals surface area (Å²) in [4.78, 5) is 25.2. The highest BCUT2D eigenvalue weighted by Gasteiger charge is 2.27. The van der Waals surface area contributed by atoms with Gasteiger partial charge in [0.25, 0.3) is 21.8 Å². The maximum atomic E-state index is 13.6. The van der Waals surface area contributed by atoms with Crippen LogP contribution in [-0.4, -0.2) is 45.6 Å². The standard InChI is InChI=1S/C33H40N4O5S/c1-24(2)27-13-15-29(16-14-27)37(43(40,41)31-19-9-25(3)10-20-31)22-32(38)36-34-21-26-11-17-30(18-12-26)42-23-33(39)35-28-7-5-4-6-8-28/h9-21,24,28H,4-8,22-23H2,1-3H3,(H,35,39)(H,36,38)/b34-21-. The molecule has 1 aliphatic rings. The first-order valence-electron chi connectivity index (χ1n) is 14.7. The van der Waals surface area contributed by atoms with E-state index >= 15 is 0 Å². The van der Waals surface area contributed by atoms with E-state index in [0.717, 1.165) is 41.1 Å². The summed E-state index contributed by atoms with van der Waals surface area (Å²) in [5.41, 5.74) is 5.49. The number of hydrogen-bond acceptors (Lipinski definition) is 6. The Morgan fingerprint density at radius 3 is 2.21 bits per heavy atom. The maximum absolute atomic E-state index is 13.6. The lowest BCUT2D eigenvalue weighted by atomic mass is 9.95. The highest BCUT2D eigenvalue weighted by atomic mass is 32.2. The second-order valence-electron chi connectivity index (χ2n) is 11.1. The van der Waals surface area contributed by atoms with Crippen LogP contribution in [0.3, 0.4) is 0 Å². The van der Waals surface area contributed by atoms with E-state index in [0.29, 0.717) is 17.0 Å². The number of anilines is 1. The van der Waals surface area contributed by atoms with Gasteiger partial charge in [0, 0.05) is 6.04 Å². The Hall–Kier alpha value is -4.18. The molecular weight excluding hydrogens is 564 g/mol. The summed E-state index contributed by atoms with van der Waals surface area (Å²) in [5.74, 6) is 0.0963. The SMILES string of the molecule is Cc1ccc(S(=O)(=O)N(CC(=O)N/N=C\c2ccc(OCC(=O)NC3CCCCC3)cc2)c2ccc(C(C)C)cc2)cc1. The molecule has 0 bridgehead atoms. The van der Waals surface area contributed by atoms with Gasteiger partial charge in [0.15, 0.2) is 6.61 Å². The Labute approximate surface area is 254 Å². The molecule has 1 aliphatic carbocycles. The average Bonchev–Trinajstić information content (AvgIpc) is 3.00. The van der Waals surface area contributed by atoms with E-state index in [1.165, 1.54) is 24.8 Å². The molecule has 4 rings (SSSR count). The third kappa shape index (κ3) is 9.15. The van der Waals surface area contributed by atoms with Gasteiger partial charge in [-0.2, -0.15) is 5.10 Å².